The van der Waals surface area contributed by atoms with Crippen LogP contribution in [0.5, 0.6) is 11.5 Å². The third-order valence-electron chi connectivity index (χ3n) is 4.20. The van der Waals surface area contributed by atoms with Gasteiger partial charge in [-0.3, -0.25) is 4.79 Å². The minimum absolute atomic E-state index is 0.0659. The molecule has 0 fully saturated rings. The quantitative estimate of drug-likeness (QED) is 0.126. The van der Waals surface area contributed by atoms with Gasteiger partial charge >= 0.3 is 5.97 Å². The Bertz CT molecular complexity index is 1150. The Hall–Kier alpha value is -3.37. The number of carbonyl (C=O) groups excluding carboxylic acids is 2. The zero-order chi connectivity index (χ0) is 23.1. The maximum absolute atomic E-state index is 12.7. The van der Waals surface area contributed by atoms with Gasteiger partial charge in [-0.05, 0) is 49.4 Å². The fraction of sp³-hybridized carbons (Fsp3) is 0.190. The van der Waals surface area contributed by atoms with E-state index in [1.807, 2.05) is 0 Å². The standard InChI is InChI=1S/C21H20ClN5O4S/c1-3-30-18-10-14(19(25-23)16(28)11-32-21-26-24-12-27(21)2)6-9-17(18)31-20(29)13-4-7-15(22)8-5-13/h4-10,12H,3,11,23H2,1-2H3/b25-19+. The van der Waals surface area contributed by atoms with E-state index in [4.69, 9.17) is 26.9 Å². The van der Waals surface area contributed by atoms with Crippen LogP contribution < -0.4 is 15.3 Å². The van der Waals surface area contributed by atoms with Crippen molar-refractivity contribution in [1.82, 2.24) is 14.8 Å². The number of ether oxygens (including phenoxy) is 2. The molecule has 166 valence electrons. The number of carbonyl (C=O) groups is 2. The van der Waals surface area contributed by atoms with Gasteiger partial charge in [0.1, 0.15) is 12.0 Å². The molecule has 0 saturated heterocycles. The Morgan fingerprint density at radius 2 is 1.88 bits per heavy atom. The van der Waals surface area contributed by atoms with E-state index in [2.05, 4.69) is 15.3 Å². The summed E-state index contributed by atoms with van der Waals surface area (Å²) >= 11 is 7.08. The molecular weight excluding hydrogens is 454 g/mol. The minimum atomic E-state index is -0.570. The minimum Gasteiger partial charge on any atom is -0.490 e. The molecule has 0 aliphatic heterocycles. The Balaban J connectivity index is 1.78. The average Bonchev–Trinajstić information content (AvgIpc) is 3.19. The SMILES string of the molecule is CCOc1cc(/C(=N\N)C(=O)CSc2nncn2C)ccc1OC(=O)c1ccc(Cl)cc1. The number of thioether (sulfide) groups is 1. The van der Waals surface area contributed by atoms with Crippen molar-refractivity contribution in [2.24, 2.45) is 18.0 Å². The van der Waals surface area contributed by atoms with Crippen LogP contribution in [0.2, 0.25) is 5.02 Å². The molecule has 0 amide bonds. The molecule has 2 aromatic carbocycles. The number of halogens is 1. The molecule has 3 aromatic rings. The first-order valence-corrected chi connectivity index (χ1v) is 10.8. The highest BCUT2D eigenvalue weighted by atomic mass is 35.5. The summed E-state index contributed by atoms with van der Waals surface area (Å²) < 4.78 is 12.8. The van der Waals surface area contributed by atoms with Gasteiger partial charge in [0.15, 0.2) is 22.4 Å². The van der Waals surface area contributed by atoms with Crippen LogP contribution >= 0.6 is 23.4 Å². The topological polar surface area (TPSA) is 122 Å². The Labute approximate surface area is 193 Å². The number of aryl methyl sites for hydroxylation is 1. The predicted molar refractivity (Wildman–Crippen MR) is 121 cm³/mol. The van der Waals surface area contributed by atoms with E-state index in [0.29, 0.717) is 27.9 Å². The van der Waals surface area contributed by atoms with Crippen molar-refractivity contribution >= 4 is 40.8 Å². The van der Waals surface area contributed by atoms with Gasteiger partial charge in [0, 0.05) is 17.6 Å². The first-order chi connectivity index (χ1) is 15.4. The molecular formula is C21H20ClN5O4S. The number of nitrogens with zero attached hydrogens (tertiary/aromatic N) is 4. The molecule has 0 bridgehead atoms. The van der Waals surface area contributed by atoms with E-state index in [-0.39, 0.29) is 28.7 Å². The van der Waals surface area contributed by atoms with Crippen LogP contribution in [0.4, 0.5) is 0 Å². The summed E-state index contributed by atoms with van der Waals surface area (Å²) in [4.78, 5) is 25.2. The fourth-order valence-corrected chi connectivity index (χ4v) is 3.54. The van der Waals surface area contributed by atoms with Gasteiger partial charge in [-0.1, -0.05) is 23.4 Å². The number of aromatic nitrogens is 3. The molecule has 0 spiro atoms. The molecule has 2 N–H and O–H groups in total. The lowest BCUT2D eigenvalue weighted by molar-refractivity contribution is -0.110. The van der Waals surface area contributed by atoms with Crippen molar-refractivity contribution in [1.29, 1.82) is 0 Å². The maximum Gasteiger partial charge on any atom is 0.343 e. The van der Waals surface area contributed by atoms with E-state index in [0.717, 1.165) is 0 Å². The normalized spacial score (nSPS) is 11.3. The summed E-state index contributed by atoms with van der Waals surface area (Å²) in [6.07, 6.45) is 1.54. The zero-order valence-electron chi connectivity index (χ0n) is 17.3. The van der Waals surface area contributed by atoms with Crippen molar-refractivity contribution in [3.8, 4) is 11.5 Å². The summed E-state index contributed by atoms with van der Waals surface area (Å²) in [5.74, 6) is 5.19. The lowest BCUT2D eigenvalue weighted by Gasteiger charge is -2.13. The van der Waals surface area contributed by atoms with E-state index >= 15 is 0 Å². The first-order valence-electron chi connectivity index (χ1n) is 9.45. The number of Topliss-reactive ketones (excluding diaryl/α,β-unsaturated/α-hetero) is 1. The highest BCUT2D eigenvalue weighted by Gasteiger charge is 2.19. The highest BCUT2D eigenvalue weighted by molar-refractivity contribution is 7.99. The van der Waals surface area contributed by atoms with E-state index in [9.17, 15) is 9.59 Å². The van der Waals surface area contributed by atoms with Gasteiger partial charge in [-0.15, -0.1) is 10.2 Å². The van der Waals surface area contributed by atoms with Gasteiger partial charge in [-0.25, -0.2) is 4.79 Å². The molecule has 0 saturated carbocycles. The highest BCUT2D eigenvalue weighted by Crippen LogP contribution is 2.30. The largest absolute Gasteiger partial charge is 0.490 e. The summed E-state index contributed by atoms with van der Waals surface area (Å²) in [6.45, 7) is 2.11. The predicted octanol–water partition coefficient (Wildman–Crippen LogP) is 3.11. The second kappa shape index (κ2) is 10.8. The van der Waals surface area contributed by atoms with Gasteiger partial charge in [-0.2, -0.15) is 5.10 Å². The molecule has 9 nitrogen and oxygen atoms in total. The maximum atomic E-state index is 12.7. The van der Waals surface area contributed by atoms with Crippen LogP contribution in [-0.4, -0.2) is 44.6 Å². The molecule has 1 aromatic heterocycles. The third-order valence-corrected chi connectivity index (χ3v) is 5.48. The Morgan fingerprint density at radius 3 is 2.50 bits per heavy atom. The summed E-state index contributed by atoms with van der Waals surface area (Å²) in [6, 6.07) is 11.0. The Morgan fingerprint density at radius 1 is 1.16 bits per heavy atom. The van der Waals surface area contributed by atoms with Gasteiger partial charge in [0.2, 0.25) is 0 Å². The number of hydrazone groups is 1. The summed E-state index contributed by atoms with van der Waals surface area (Å²) in [5, 5.41) is 12.5. The summed E-state index contributed by atoms with van der Waals surface area (Å²) in [5.41, 5.74) is 0.836. The zero-order valence-corrected chi connectivity index (χ0v) is 18.9. The number of benzene rings is 2. The molecule has 11 heteroatoms. The van der Waals surface area contributed by atoms with Crippen LogP contribution in [0.15, 0.2) is 59.0 Å². The molecule has 0 aliphatic rings. The van der Waals surface area contributed by atoms with Crippen molar-refractivity contribution in [2.75, 3.05) is 12.4 Å². The van der Waals surface area contributed by atoms with E-state index in [1.165, 1.54) is 17.8 Å². The molecule has 32 heavy (non-hydrogen) atoms. The monoisotopic (exact) mass is 473 g/mol. The van der Waals surface area contributed by atoms with Crippen molar-refractivity contribution in [3.05, 3.63) is 64.9 Å². The fourth-order valence-electron chi connectivity index (χ4n) is 2.66. The van der Waals surface area contributed by atoms with Crippen LogP contribution in [-0.2, 0) is 11.8 Å². The smallest absolute Gasteiger partial charge is 0.343 e. The van der Waals surface area contributed by atoms with Crippen molar-refractivity contribution in [3.63, 3.8) is 0 Å². The number of hydrogen-bond donors (Lipinski definition) is 1. The molecule has 0 radical (unpaired) electrons. The number of ketones is 1. The van der Waals surface area contributed by atoms with E-state index in [1.54, 1.807) is 61.3 Å². The van der Waals surface area contributed by atoms with Crippen LogP contribution in [0.1, 0.15) is 22.8 Å². The number of hydrogen-bond acceptors (Lipinski definition) is 9. The van der Waals surface area contributed by atoms with Gasteiger partial charge < -0.3 is 19.9 Å². The number of rotatable bonds is 9. The lowest BCUT2D eigenvalue weighted by atomic mass is 10.1. The molecule has 0 atom stereocenters. The van der Waals surface area contributed by atoms with Gasteiger partial charge in [0.25, 0.3) is 0 Å². The second-order valence-corrected chi connectivity index (χ2v) is 7.78. The van der Waals surface area contributed by atoms with E-state index < -0.39 is 5.97 Å². The van der Waals surface area contributed by atoms with Crippen LogP contribution in [0, 0.1) is 0 Å². The van der Waals surface area contributed by atoms with Crippen LogP contribution in [0.25, 0.3) is 0 Å². The van der Waals surface area contributed by atoms with Crippen LogP contribution in [0.3, 0.4) is 0 Å². The lowest BCUT2D eigenvalue weighted by Crippen LogP contribution is -2.20. The van der Waals surface area contributed by atoms with Crippen molar-refractivity contribution < 1.29 is 19.1 Å². The first kappa shape index (κ1) is 23.3. The number of nitrogens with two attached hydrogens (primary N) is 1. The van der Waals surface area contributed by atoms with Crippen molar-refractivity contribution in [2.45, 2.75) is 12.1 Å². The molecule has 0 unspecified atom stereocenters. The molecule has 1 heterocycles. The number of esters is 1. The third kappa shape index (κ3) is 5.65. The Kier molecular flexibility index (Phi) is 7.85. The molecule has 3 rings (SSSR count). The summed E-state index contributed by atoms with van der Waals surface area (Å²) in [7, 11) is 1.78. The molecule has 0 aliphatic carbocycles. The second-order valence-electron chi connectivity index (χ2n) is 6.40. The average molecular weight is 474 g/mol. The van der Waals surface area contributed by atoms with Gasteiger partial charge in [0.05, 0.1) is 17.9 Å².